The van der Waals surface area contributed by atoms with E-state index in [9.17, 15) is 9.59 Å². The van der Waals surface area contributed by atoms with Gasteiger partial charge in [-0.1, -0.05) is 118 Å². The number of aromatic nitrogens is 4. The topological polar surface area (TPSA) is 97.1 Å². The van der Waals surface area contributed by atoms with Crippen LogP contribution in [0.5, 0.6) is 0 Å². The number of imidazole rings is 1. The summed E-state index contributed by atoms with van der Waals surface area (Å²) in [6.07, 6.45) is 19.8. The Morgan fingerprint density at radius 1 is 0.895 bits per heavy atom. The zero-order chi connectivity index (χ0) is 27.2. The number of H-pyrrole nitrogens is 1. The normalized spacial score (nSPS) is 11.7. The summed E-state index contributed by atoms with van der Waals surface area (Å²) >= 11 is 3.43. The molecule has 38 heavy (non-hydrogen) atoms. The molecule has 0 aliphatic rings. The van der Waals surface area contributed by atoms with Gasteiger partial charge in [-0.25, -0.2) is 10.2 Å². The second kappa shape index (κ2) is 16.3. The number of fused-ring (bicyclic) bond motifs is 1. The van der Waals surface area contributed by atoms with Crippen LogP contribution in [0.4, 0.5) is 5.95 Å². The fraction of sp³-hybridized carbons (Fsp3) is 0.586. The van der Waals surface area contributed by atoms with Gasteiger partial charge in [0.15, 0.2) is 11.2 Å². The van der Waals surface area contributed by atoms with Crippen molar-refractivity contribution >= 4 is 39.3 Å². The number of hydrazone groups is 1. The smallest absolute Gasteiger partial charge is 0.303 e. The van der Waals surface area contributed by atoms with Crippen LogP contribution in [0.2, 0.25) is 0 Å². The summed E-state index contributed by atoms with van der Waals surface area (Å²) in [5.41, 5.74) is 3.75. The van der Waals surface area contributed by atoms with E-state index in [0.29, 0.717) is 23.7 Å². The molecule has 0 saturated carbocycles. The zero-order valence-electron chi connectivity index (χ0n) is 23.0. The number of hydrogen-bond acceptors (Lipinski definition) is 5. The van der Waals surface area contributed by atoms with Crippen molar-refractivity contribution in [2.75, 3.05) is 5.43 Å². The van der Waals surface area contributed by atoms with Crippen molar-refractivity contribution in [3.8, 4) is 0 Å². The minimum Gasteiger partial charge on any atom is -0.303 e. The standard InChI is InChI=1S/C29H43BrN6O2/c1-3-4-5-6-7-8-9-10-11-12-13-14-15-16-21-36-25-26(35(2)29(38)33-27(25)37)32-28(36)34-31-22-23-17-19-24(30)20-18-23/h17-20,22H,3-16,21H2,1-2H3,(H,32,34)(H,33,37,38)/b31-22-. The van der Waals surface area contributed by atoms with Gasteiger partial charge < -0.3 is 4.57 Å². The lowest BCUT2D eigenvalue weighted by atomic mass is 10.0. The SMILES string of the molecule is CCCCCCCCCCCCCCCCn1c(N/N=C\c2ccc(Br)cc2)nc2c1c(=O)[nH]c(=O)n2C. The van der Waals surface area contributed by atoms with E-state index in [1.807, 2.05) is 28.8 Å². The van der Waals surface area contributed by atoms with Gasteiger partial charge in [0.2, 0.25) is 5.95 Å². The van der Waals surface area contributed by atoms with Gasteiger partial charge in [-0.2, -0.15) is 10.1 Å². The Bertz CT molecular complexity index is 1260. The molecule has 0 radical (unpaired) electrons. The first kappa shape index (κ1) is 29.9. The molecule has 0 atom stereocenters. The molecular weight excluding hydrogens is 544 g/mol. The van der Waals surface area contributed by atoms with Crippen molar-refractivity contribution in [1.82, 2.24) is 19.1 Å². The fourth-order valence-electron chi connectivity index (χ4n) is 4.72. The van der Waals surface area contributed by atoms with Crippen molar-refractivity contribution in [2.24, 2.45) is 12.1 Å². The molecule has 0 bridgehead atoms. The molecule has 0 aliphatic heterocycles. The average molecular weight is 588 g/mol. The minimum atomic E-state index is -0.478. The van der Waals surface area contributed by atoms with E-state index < -0.39 is 11.2 Å². The summed E-state index contributed by atoms with van der Waals surface area (Å²) in [5, 5.41) is 4.32. The van der Waals surface area contributed by atoms with Gasteiger partial charge in [-0.15, -0.1) is 0 Å². The molecule has 0 fully saturated rings. The second-order valence-electron chi connectivity index (χ2n) is 10.1. The molecule has 208 valence electrons. The van der Waals surface area contributed by atoms with E-state index in [-0.39, 0.29) is 0 Å². The van der Waals surface area contributed by atoms with E-state index in [2.05, 4.69) is 43.3 Å². The Hall–Kier alpha value is -2.68. The van der Waals surface area contributed by atoms with Crippen LogP contribution in [0, 0.1) is 0 Å². The summed E-state index contributed by atoms with van der Waals surface area (Å²) < 4.78 is 4.20. The maximum atomic E-state index is 12.7. The second-order valence-corrected chi connectivity index (χ2v) is 11.0. The Morgan fingerprint density at radius 3 is 2.03 bits per heavy atom. The lowest BCUT2D eigenvalue weighted by molar-refractivity contribution is 0.526. The first-order valence-corrected chi connectivity index (χ1v) is 15.0. The van der Waals surface area contributed by atoms with Gasteiger partial charge in [-0.05, 0) is 24.1 Å². The molecule has 3 rings (SSSR count). The molecule has 0 saturated heterocycles. The summed E-state index contributed by atoms with van der Waals surface area (Å²) in [4.78, 5) is 31.7. The fourth-order valence-corrected chi connectivity index (χ4v) is 4.98. The van der Waals surface area contributed by atoms with Crippen LogP contribution in [0.3, 0.4) is 0 Å². The molecule has 9 heteroatoms. The van der Waals surface area contributed by atoms with E-state index in [0.717, 1.165) is 22.9 Å². The summed E-state index contributed by atoms with van der Waals surface area (Å²) in [7, 11) is 1.61. The van der Waals surface area contributed by atoms with Crippen LogP contribution in [0.15, 0.2) is 43.4 Å². The molecule has 0 unspecified atom stereocenters. The monoisotopic (exact) mass is 586 g/mol. The first-order valence-electron chi connectivity index (χ1n) is 14.3. The van der Waals surface area contributed by atoms with Crippen LogP contribution in [0.25, 0.3) is 11.2 Å². The van der Waals surface area contributed by atoms with Crippen LogP contribution >= 0.6 is 15.9 Å². The van der Waals surface area contributed by atoms with Gasteiger partial charge in [-0.3, -0.25) is 14.3 Å². The summed E-state index contributed by atoms with van der Waals surface area (Å²) in [6, 6.07) is 7.78. The molecule has 2 aromatic heterocycles. The molecule has 0 aliphatic carbocycles. The number of aryl methyl sites for hydroxylation is 2. The number of aromatic amines is 1. The van der Waals surface area contributed by atoms with Crippen molar-refractivity contribution in [2.45, 2.75) is 103 Å². The van der Waals surface area contributed by atoms with Gasteiger partial charge >= 0.3 is 5.69 Å². The number of hydrogen-bond donors (Lipinski definition) is 2. The van der Waals surface area contributed by atoms with Gasteiger partial charge in [0, 0.05) is 18.1 Å². The van der Waals surface area contributed by atoms with Crippen molar-refractivity contribution in [1.29, 1.82) is 0 Å². The van der Waals surface area contributed by atoms with Crippen LogP contribution < -0.4 is 16.7 Å². The molecular formula is C29H43BrN6O2. The van der Waals surface area contributed by atoms with Gasteiger partial charge in [0.05, 0.1) is 6.21 Å². The summed E-state index contributed by atoms with van der Waals surface area (Å²) in [5.74, 6) is 0.453. The third-order valence-electron chi connectivity index (χ3n) is 6.99. The minimum absolute atomic E-state index is 0.352. The van der Waals surface area contributed by atoms with Crippen molar-refractivity contribution < 1.29 is 0 Å². The Morgan fingerprint density at radius 2 is 1.45 bits per heavy atom. The number of benzene rings is 1. The first-order chi connectivity index (χ1) is 18.5. The number of nitrogens with zero attached hydrogens (tertiary/aromatic N) is 4. The lowest BCUT2D eigenvalue weighted by Crippen LogP contribution is -2.29. The third-order valence-corrected chi connectivity index (χ3v) is 7.52. The van der Waals surface area contributed by atoms with E-state index >= 15 is 0 Å². The largest absolute Gasteiger partial charge is 0.329 e. The predicted octanol–water partition coefficient (Wildman–Crippen LogP) is 7.11. The number of rotatable bonds is 18. The predicted molar refractivity (Wildman–Crippen MR) is 161 cm³/mol. The number of nitrogens with one attached hydrogen (secondary N) is 2. The molecule has 0 amide bonds. The number of unbranched alkanes of at least 4 members (excludes halogenated alkanes) is 13. The highest BCUT2D eigenvalue weighted by Crippen LogP contribution is 2.18. The zero-order valence-corrected chi connectivity index (χ0v) is 24.6. The molecule has 2 heterocycles. The maximum Gasteiger partial charge on any atom is 0.329 e. The van der Waals surface area contributed by atoms with Crippen LogP contribution in [-0.4, -0.2) is 25.3 Å². The summed E-state index contributed by atoms with van der Waals surface area (Å²) in [6.45, 7) is 2.90. The number of anilines is 1. The van der Waals surface area contributed by atoms with E-state index in [1.54, 1.807) is 13.3 Å². The Balaban J connectivity index is 1.48. The quantitative estimate of drug-likeness (QED) is 0.0942. The third kappa shape index (κ3) is 9.26. The van der Waals surface area contributed by atoms with Gasteiger partial charge in [0.25, 0.3) is 5.56 Å². The highest BCUT2D eigenvalue weighted by molar-refractivity contribution is 9.10. The van der Waals surface area contributed by atoms with Crippen molar-refractivity contribution in [3.05, 3.63) is 55.1 Å². The van der Waals surface area contributed by atoms with Crippen LogP contribution in [-0.2, 0) is 13.6 Å². The lowest BCUT2D eigenvalue weighted by Gasteiger charge is -2.08. The highest BCUT2D eigenvalue weighted by atomic mass is 79.9. The highest BCUT2D eigenvalue weighted by Gasteiger charge is 2.16. The molecule has 8 nitrogen and oxygen atoms in total. The van der Waals surface area contributed by atoms with Gasteiger partial charge in [0.1, 0.15) is 0 Å². The Kier molecular flexibility index (Phi) is 12.8. The van der Waals surface area contributed by atoms with E-state index in [4.69, 9.17) is 0 Å². The van der Waals surface area contributed by atoms with Crippen molar-refractivity contribution in [3.63, 3.8) is 0 Å². The Labute approximate surface area is 234 Å². The number of halogens is 1. The maximum absolute atomic E-state index is 12.7. The molecule has 1 aromatic carbocycles. The van der Waals surface area contributed by atoms with Crippen LogP contribution in [0.1, 0.15) is 102 Å². The molecule has 2 N–H and O–H groups in total. The van der Waals surface area contributed by atoms with E-state index in [1.165, 1.54) is 81.6 Å². The molecule has 0 spiro atoms. The molecule has 3 aromatic rings. The average Bonchev–Trinajstić information content (AvgIpc) is 3.27.